The summed E-state index contributed by atoms with van der Waals surface area (Å²) in [5.41, 5.74) is 5.42. The predicted octanol–water partition coefficient (Wildman–Crippen LogP) is 4.67. The molecule has 2 rings (SSSR count). The first-order chi connectivity index (χ1) is 10.0. The molecule has 2 aromatic rings. The summed E-state index contributed by atoms with van der Waals surface area (Å²) < 4.78 is 0. The summed E-state index contributed by atoms with van der Waals surface area (Å²) in [4.78, 5) is 15.8. The molecule has 1 N–H and O–H groups in total. The number of thiophene rings is 2. The fourth-order valence-electron chi connectivity index (χ4n) is 1.98. The van der Waals surface area contributed by atoms with E-state index in [1.165, 1.54) is 9.75 Å². The van der Waals surface area contributed by atoms with Gasteiger partial charge in [0.25, 0.3) is 5.91 Å². The van der Waals surface area contributed by atoms with Gasteiger partial charge in [0.05, 0.1) is 16.2 Å². The molecule has 0 saturated carbocycles. The van der Waals surface area contributed by atoms with Gasteiger partial charge in [0.2, 0.25) is 0 Å². The summed E-state index contributed by atoms with van der Waals surface area (Å²) in [5.74, 6) is -0.126. The fraction of sp³-hybridized carbons (Fsp3) is 0.375. The number of aryl methyl sites for hydroxylation is 2. The average molecular weight is 320 g/mol. The Bertz CT molecular complexity index is 668. The van der Waals surface area contributed by atoms with Crippen LogP contribution in [0.3, 0.4) is 0 Å². The van der Waals surface area contributed by atoms with E-state index in [0.29, 0.717) is 0 Å². The molecule has 0 saturated heterocycles. The van der Waals surface area contributed by atoms with Crippen LogP contribution in [0.1, 0.15) is 50.3 Å². The highest BCUT2D eigenvalue weighted by Gasteiger charge is 2.13. The third-order valence-corrected chi connectivity index (χ3v) is 5.40. The monoisotopic (exact) mass is 320 g/mol. The maximum Gasteiger partial charge on any atom is 0.272 e. The molecule has 3 nitrogen and oxygen atoms in total. The van der Waals surface area contributed by atoms with Crippen LogP contribution in [0.25, 0.3) is 0 Å². The van der Waals surface area contributed by atoms with Crippen LogP contribution >= 0.6 is 22.7 Å². The zero-order valence-corrected chi connectivity index (χ0v) is 14.5. The van der Waals surface area contributed by atoms with Crippen LogP contribution < -0.4 is 5.43 Å². The molecule has 0 bridgehead atoms. The zero-order valence-electron chi connectivity index (χ0n) is 12.8. The van der Waals surface area contributed by atoms with E-state index in [2.05, 4.69) is 36.5 Å². The lowest BCUT2D eigenvalue weighted by atomic mass is 10.2. The van der Waals surface area contributed by atoms with Gasteiger partial charge >= 0.3 is 0 Å². The van der Waals surface area contributed by atoms with E-state index in [9.17, 15) is 4.79 Å². The molecule has 2 aromatic heterocycles. The quantitative estimate of drug-likeness (QED) is 0.631. The topological polar surface area (TPSA) is 41.5 Å². The maximum absolute atomic E-state index is 12.2. The molecule has 0 spiro atoms. The predicted molar refractivity (Wildman–Crippen MR) is 91.8 cm³/mol. The van der Waals surface area contributed by atoms with E-state index < -0.39 is 0 Å². The Kier molecular flexibility index (Phi) is 5.31. The van der Waals surface area contributed by atoms with Crippen LogP contribution in [0.5, 0.6) is 0 Å². The maximum atomic E-state index is 12.2. The van der Waals surface area contributed by atoms with Crippen molar-refractivity contribution in [2.75, 3.05) is 0 Å². The Hall–Kier alpha value is -1.46. The van der Waals surface area contributed by atoms with E-state index in [4.69, 9.17) is 0 Å². The Labute approximate surface area is 133 Å². The first-order valence-electron chi connectivity index (χ1n) is 7.01. The number of nitrogens with zero attached hydrogens (tertiary/aromatic N) is 1. The second kappa shape index (κ2) is 7.00. The van der Waals surface area contributed by atoms with Crippen molar-refractivity contribution >= 4 is 34.3 Å². The summed E-state index contributed by atoms with van der Waals surface area (Å²) >= 11 is 3.31. The summed E-state index contributed by atoms with van der Waals surface area (Å²) in [7, 11) is 0. The molecule has 5 heteroatoms. The van der Waals surface area contributed by atoms with Gasteiger partial charge in [0.15, 0.2) is 0 Å². The van der Waals surface area contributed by atoms with Crippen molar-refractivity contribution in [1.82, 2.24) is 5.43 Å². The SMILES string of the molecule is CCC/C(=N/NC(=O)c1csc(C)c1C)c1ccc(C)s1. The molecule has 0 fully saturated rings. The second-order valence-corrected chi connectivity index (χ2v) is 7.36. The number of nitrogens with one attached hydrogen (secondary N) is 1. The molecular formula is C16H20N2OS2. The van der Waals surface area contributed by atoms with Gasteiger partial charge in [-0.2, -0.15) is 5.10 Å². The molecule has 0 aliphatic carbocycles. The Balaban J connectivity index is 2.16. The Morgan fingerprint density at radius 1 is 1.29 bits per heavy atom. The van der Waals surface area contributed by atoms with Crippen molar-refractivity contribution in [2.24, 2.45) is 5.10 Å². The van der Waals surface area contributed by atoms with Crippen LogP contribution in [0.4, 0.5) is 0 Å². The molecule has 0 aromatic carbocycles. The number of carbonyl (C=O) groups excluding carboxylic acids is 1. The largest absolute Gasteiger partial charge is 0.272 e. The van der Waals surface area contributed by atoms with Gasteiger partial charge in [0, 0.05) is 15.1 Å². The molecule has 2 heterocycles. The second-order valence-electron chi connectivity index (χ2n) is 4.99. The molecule has 0 aliphatic heterocycles. The van der Waals surface area contributed by atoms with Gasteiger partial charge in [-0.05, 0) is 44.9 Å². The standard InChI is InChI=1S/C16H20N2OS2/c1-5-6-14(15-8-7-10(2)21-15)17-18-16(19)13-9-20-12(4)11(13)3/h7-9H,5-6H2,1-4H3,(H,18,19)/b17-14-. The minimum atomic E-state index is -0.126. The highest BCUT2D eigenvalue weighted by molar-refractivity contribution is 7.14. The van der Waals surface area contributed by atoms with Crippen molar-refractivity contribution in [2.45, 2.75) is 40.5 Å². The first-order valence-corrected chi connectivity index (χ1v) is 8.71. The number of rotatable bonds is 5. The van der Waals surface area contributed by atoms with Crippen molar-refractivity contribution in [3.63, 3.8) is 0 Å². The van der Waals surface area contributed by atoms with Gasteiger partial charge in [-0.25, -0.2) is 5.43 Å². The number of carbonyl (C=O) groups is 1. The molecule has 21 heavy (non-hydrogen) atoms. The number of hydrogen-bond donors (Lipinski definition) is 1. The average Bonchev–Trinajstić information content (AvgIpc) is 3.02. The van der Waals surface area contributed by atoms with Crippen LogP contribution in [0.2, 0.25) is 0 Å². The van der Waals surface area contributed by atoms with Gasteiger partial charge in [-0.1, -0.05) is 13.3 Å². The van der Waals surface area contributed by atoms with Gasteiger partial charge in [-0.3, -0.25) is 4.79 Å². The van der Waals surface area contributed by atoms with E-state index in [1.54, 1.807) is 22.7 Å². The Morgan fingerprint density at radius 2 is 2.05 bits per heavy atom. The summed E-state index contributed by atoms with van der Waals surface area (Å²) in [5, 5.41) is 6.25. The molecule has 112 valence electrons. The van der Waals surface area contributed by atoms with E-state index in [0.717, 1.165) is 34.6 Å². The fourth-order valence-corrected chi connectivity index (χ4v) is 3.73. The van der Waals surface area contributed by atoms with Gasteiger partial charge in [-0.15, -0.1) is 22.7 Å². The third kappa shape index (κ3) is 3.80. The van der Waals surface area contributed by atoms with Gasteiger partial charge in [0.1, 0.15) is 0 Å². The van der Waals surface area contributed by atoms with Crippen LogP contribution in [0, 0.1) is 20.8 Å². The highest BCUT2D eigenvalue weighted by atomic mass is 32.1. The van der Waals surface area contributed by atoms with E-state index in [1.807, 2.05) is 19.2 Å². The smallest absolute Gasteiger partial charge is 0.267 e. The minimum Gasteiger partial charge on any atom is -0.267 e. The van der Waals surface area contributed by atoms with Crippen molar-refractivity contribution < 1.29 is 4.79 Å². The lowest BCUT2D eigenvalue weighted by Crippen LogP contribution is -2.20. The lowest BCUT2D eigenvalue weighted by Gasteiger charge is -2.04. The molecular weight excluding hydrogens is 300 g/mol. The number of amides is 1. The normalized spacial score (nSPS) is 11.7. The van der Waals surface area contributed by atoms with Crippen molar-refractivity contribution in [3.05, 3.63) is 43.3 Å². The van der Waals surface area contributed by atoms with Gasteiger partial charge < -0.3 is 0 Å². The van der Waals surface area contributed by atoms with Crippen molar-refractivity contribution in [3.8, 4) is 0 Å². The molecule has 0 aliphatic rings. The van der Waals surface area contributed by atoms with Crippen molar-refractivity contribution in [1.29, 1.82) is 0 Å². The van der Waals surface area contributed by atoms with E-state index in [-0.39, 0.29) is 5.91 Å². The van der Waals surface area contributed by atoms with Crippen LogP contribution in [-0.4, -0.2) is 11.6 Å². The number of hydrogen-bond acceptors (Lipinski definition) is 4. The molecule has 0 atom stereocenters. The van der Waals surface area contributed by atoms with Crippen LogP contribution in [-0.2, 0) is 0 Å². The lowest BCUT2D eigenvalue weighted by molar-refractivity contribution is 0.0954. The Morgan fingerprint density at radius 3 is 2.57 bits per heavy atom. The molecule has 0 unspecified atom stereocenters. The summed E-state index contributed by atoms with van der Waals surface area (Å²) in [6.07, 6.45) is 1.87. The van der Waals surface area contributed by atoms with E-state index >= 15 is 0 Å². The molecule has 0 radical (unpaired) electrons. The molecule has 1 amide bonds. The zero-order chi connectivity index (χ0) is 15.4. The third-order valence-electron chi connectivity index (χ3n) is 3.33. The number of hydrazone groups is 1. The summed E-state index contributed by atoms with van der Waals surface area (Å²) in [6.45, 7) is 8.19. The first kappa shape index (κ1) is 15.9. The highest BCUT2D eigenvalue weighted by Crippen LogP contribution is 2.21. The summed E-state index contributed by atoms with van der Waals surface area (Å²) in [6, 6.07) is 4.15. The minimum absolute atomic E-state index is 0.126. The van der Waals surface area contributed by atoms with Crippen LogP contribution in [0.15, 0.2) is 22.6 Å².